The van der Waals surface area contributed by atoms with Crippen LogP contribution in [0.4, 0.5) is 0 Å². The summed E-state index contributed by atoms with van der Waals surface area (Å²) >= 11 is 0. The number of phenols is 3. The molecule has 7 rings (SSSR count). The van der Waals surface area contributed by atoms with Crippen molar-refractivity contribution >= 4 is 11.6 Å². The van der Waals surface area contributed by atoms with Gasteiger partial charge < -0.3 is 74.2 Å². The van der Waals surface area contributed by atoms with E-state index in [4.69, 9.17) is 28.4 Å². The molecule has 0 spiro atoms. The van der Waals surface area contributed by atoms with Gasteiger partial charge in [-0.25, -0.2) is 0 Å². The molecule has 0 aromatic heterocycles. The molecular formula is C40H53NO16. The second-order valence-corrected chi connectivity index (χ2v) is 16.2. The number of fused-ring (bicyclic) bond motifs is 3. The van der Waals surface area contributed by atoms with Gasteiger partial charge in [-0.1, -0.05) is 19.1 Å². The van der Waals surface area contributed by atoms with Gasteiger partial charge in [-0.2, -0.15) is 0 Å². The minimum atomic E-state index is -1.84. The van der Waals surface area contributed by atoms with E-state index in [0.717, 1.165) is 0 Å². The van der Waals surface area contributed by atoms with Crippen molar-refractivity contribution in [1.82, 2.24) is 4.90 Å². The lowest BCUT2D eigenvalue weighted by molar-refractivity contribution is -0.334. The highest BCUT2D eigenvalue weighted by Crippen LogP contribution is 2.56. The third kappa shape index (κ3) is 7.25. The monoisotopic (exact) mass is 803 g/mol. The summed E-state index contributed by atoms with van der Waals surface area (Å²) in [5.74, 6) is -3.77. The number of aliphatic hydroxyl groups is 5. The summed E-state index contributed by atoms with van der Waals surface area (Å²) in [5.41, 5.74) is -4.03. The van der Waals surface area contributed by atoms with Gasteiger partial charge in [0.2, 0.25) is 5.78 Å². The minimum Gasteiger partial charge on any atom is -0.507 e. The highest BCUT2D eigenvalue weighted by atomic mass is 16.7. The first kappa shape index (κ1) is 41.8. The molecule has 314 valence electrons. The molecule has 3 aliphatic heterocycles. The zero-order chi connectivity index (χ0) is 41.4. The van der Waals surface area contributed by atoms with Gasteiger partial charge in [-0.15, -0.1) is 0 Å². The molecule has 8 N–H and O–H groups in total. The smallest absolute Gasteiger partial charge is 0.202 e. The fourth-order valence-corrected chi connectivity index (χ4v) is 9.10. The Labute approximate surface area is 329 Å². The number of aromatic hydroxyl groups is 3. The molecule has 0 amide bonds. The van der Waals surface area contributed by atoms with Crippen LogP contribution in [-0.4, -0.2) is 151 Å². The van der Waals surface area contributed by atoms with Crippen LogP contribution in [0.1, 0.15) is 115 Å². The lowest BCUT2D eigenvalue weighted by atomic mass is 9.70. The summed E-state index contributed by atoms with van der Waals surface area (Å²) in [6.45, 7) is 6.75. The first-order chi connectivity index (χ1) is 26.9. The average molecular weight is 804 g/mol. The fraction of sp³-hybridized carbons (Fsp3) is 0.650. The number of aliphatic hydroxyl groups excluding tert-OH is 4. The van der Waals surface area contributed by atoms with Crippen molar-refractivity contribution in [3.8, 4) is 17.2 Å². The zero-order valence-corrected chi connectivity index (χ0v) is 32.6. The molecular weight excluding hydrogens is 750 g/mol. The lowest BCUT2D eigenvalue weighted by Crippen LogP contribution is -2.58. The predicted molar refractivity (Wildman–Crippen MR) is 195 cm³/mol. The lowest BCUT2D eigenvalue weighted by Gasteiger charge is -2.49. The molecule has 17 heteroatoms. The van der Waals surface area contributed by atoms with E-state index < -0.39 is 131 Å². The molecule has 57 heavy (non-hydrogen) atoms. The van der Waals surface area contributed by atoms with Crippen molar-refractivity contribution in [2.24, 2.45) is 0 Å². The van der Waals surface area contributed by atoms with E-state index in [-0.39, 0.29) is 54.4 Å². The minimum absolute atomic E-state index is 0.0127. The molecule has 5 aliphatic rings. The van der Waals surface area contributed by atoms with Gasteiger partial charge in [0.15, 0.2) is 24.7 Å². The number of likely N-dealkylation sites (N-methyl/N-ethyl adjacent to an activating group) is 1. The summed E-state index contributed by atoms with van der Waals surface area (Å²) in [6.07, 6.45) is -12.5. The van der Waals surface area contributed by atoms with E-state index in [9.17, 15) is 50.4 Å². The Kier molecular flexibility index (Phi) is 11.5. The SMILES string of the molecule is CCC1(O)CC(O)c2c(O)c3c(c(O)c2C1OC1CC(N(C)C)C(OC2CC(O)C(OC4CC(O)C(O)C(C)O4)C(C)O2)C(C)O1)C(=O)c1cccc(O)c1C3=O. The van der Waals surface area contributed by atoms with Crippen LogP contribution in [0.15, 0.2) is 18.2 Å². The van der Waals surface area contributed by atoms with Crippen molar-refractivity contribution in [3.63, 3.8) is 0 Å². The first-order valence-electron chi connectivity index (χ1n) is 19.4. The van der Waals surface area contributed by atoms with Gasteiger partial charge in [0.25, 0.3) is 0 Å². The summed E-state index contributed by atoms with van der Waals surface area (Å²) in [4.78, 5) is 29.4. The number of hydrogen-bond donors (Lipinski definition) is 8. The number of rotatable bonds is 8. The van der Waals surface area contributed by atoms with Crippen molar-refractivity contribution in [2.75, 3.05) is 14.1 Å². The number of benzene rings is 2. The van der Waals surface area contributed by atoms with Crippen LogP contribution in [0, 0.1) is 0 Å². The van der Waals surface area contributed by atoms with E-state index in [1.54, 1.807) is 27.7 Å². The number of phenolic OH excluding ortho intramolecular Hbond substituents is 3. The van der Waals surface area contributed by atoms with E-state index in [1.165, 1.54) is 18.2 Å². The van der Waals surface area contributed by atoms with Crippen LogP contribution < -0.4 is 0 Å². The fourth-order valence-electron chi connectivity index (χ4n) is 9.10. The molecule has 17 nitrogen and oxygen atoms in total. The second-order valence-electron chi connectivity index (χ2n) is 16.2. The Morgan fingerprint density at radius 3 is 1.91 bits per heavy atom. The van der Waals surface area contributed by atoms with E-state index in [0.29, 0.717) is 0 Å². The summed E-state index contributed by atoms with van der Waals surface area (Å²) in [5, 5.41) is 88.6. The molecule has 0 radical (unpaired) electrons. The Balaban J connectivity index is 1.11. The normalized spacial score (nSPS) is 39.4. The Morgan fingerprint density at radius 1 is 0.737 bits per heavy atom. The van der Waals surface area contributed by atoms with Gasteiger partial charge in [0.05, 0.1) is 58.9 Å². The number of carbonyl (C=O) groups excluding carboxylic acids is 2. The van der Waals surface area contributed by atoms with Gasteiger partial charge in [-0.05, 0) is 47.4 Å². The van der Waals surface area contributed by atoms with Gasteiger partial charge in [0, 0.05) is 48.4 Å². The number of ketones is 2. The number of ether oxygens (including phenoxy) is 6. The summed E-state index contributed by atoms with van der Waals surface area (Å²) in [7, 11) is 3.66. The van der Waals surface area contributed by atoms with Crippen LogP contribution >= 0.6 is 0 Å². The molecule has 3 saturated heterocycles. The van der Waals surface area contributed by atoms with E-state index in [1.807, 2.05) is 19.0 Å². The maximum absolute atomic E-state index is 13.8. The van der Waals surface area contributed by atoms with Gasteiger partial charge in [0.1, 0.15) is 41.7 Å². The summed E-state index contributed by atoms with van der Waals surface area (Å²) < 4.78 is 37.2. The zero-order valence-electron chi connectivity index (χ0n) is 32.6. The molecule has 15 unspecified atom stereocenters. The van der Waals surface area contributed by atoms with Crippen LogP contribution in [0.2, 0.25) is 0 Å². The molecule has 0 saturated carbocycles. The largest absolute Gasteiger partial charge is 0.507 e. The molecule has 2 aromatic carbocycles. The van der Waals surface area contributed by atoms with Crippen LogP contribution in [0.3, 0.4) is 0 Å². The van der Waals surface area contributed by atoms with Crippen LogP contribution in [0.25, 0.3) is 0 Å². The first-order valence-corrected chi connectivity index (χ1v) is 19.4. The van der Waals surface area contributed by atoms with Crippen LogP contribution in [0.5, 0.6) is 17.2 Å². The standard InChI is InChI=1S/C40H53NO16/c1-7-40(51)14-23(45)28-31(36(50)29-30(35(28)49)34(48)27-18(33(29)47)9-8-10-20(27)42)39(40)57-24-11-19(41(5)6)37(16(3)53-24)55-26-13-22(44)38(17(4)54-26)56-25-12-21(43)32(46)15(2)52-25/h8-10,15-17,19,21-26,32,37-39,42-46,49-51H,7,11-14H2,1-6H3. The van der Waals surface area contributed by atoms with Crippen LogP contribution in [-0.2, 0) is 28.4 Å². The Morgan fingerprint density at radius 2 is 1.30 bits per heavy atom. The van der Waals surface area contributed by atoms with Crippen molar-refractivity contribution in [3.05, 3.63) is 51.6 Å². The van der Waals surface area contributed by atoms with E-state index >= 15 is 0 Å². The number of nitrogens with zero attached hydrogens (tertiary/aromatic N) is 1. The van der Waals surface area contributed by atoms with Crippen molar-refractivity contribution in [1.29, 1.82) is 0 Å². The average Bonchev–Trinajstić information content (AvgIpc) is 3.14. The number of carbonyl (C=O) groups is 2. The molecule has 15 atom stereocenters. The third-order valence-corrected chi connectivity index (χ3v) is 12.3. The third-order valence-electron chi connectivity index (χ3n) is 12.3. The molecule has 2 aromatic rings. The molecule has 3 fully saturated rings. The quantitative estimate of drug-likeness (QED) is 0.150. The predicted octanol–water partition coefficient (Wildman–Crippen LogP) is 1.40. The summed E-state index contributed by atoms with van der Waals surface area (Å²) in [6, 6.07) is 3.51. The topological polar surface area (TPSA) is 255 Å². The maximum atomic E-state index is 13.8. The van der Waals surface area contributed by atoms with Gasteiger partial charge in [-0.3, -0.25) is 9.59 Å². The molecule has 2 aliphatic carbocycles. The Bertz CT molecular complexity index is 1850. The Hall–Kier alpha value is -3.30. The molecule has 0 bridgehead atoms. The second kappa shape index (κ2) is 15.7. The highest BCUT2D eigenvalue weighted by Gasteiger charge is 2.53. The van der Waals surface area contributed by atoms with Crippen molar-refractivity contribution < 1.29 is 78.9 Å². The number of hydrogen-bond acceptors (Lipinski definition) is 17. The van der Waals surface area contributed by atoms with Crippen molar-refractivity contribution in [2.45, 2.75) is 151 Å². The highest BCUT2D eigenvalue weighted by molar-refractivity contribution is 6.31. The van der Waals surface area contributed by atoms with Gasteiger partial charge >= 0.3 is 0 Å². The maximum Gasteiger partial charge on any atom is 0.202 e. The molecule has 3 heterocycles. The van der Waals surface area contributed by atoms with E-state index in [2.05, 4.69) is 0 Å².